The van der Waals surface area contributed by atoms with Crippen LogP contribution in [0.1, 0.15) is 18.4 Å². The van der Waals surface area contributed by atoms with Crippen LogP contribution in [0, 0.1) is 23.0 Å². The monoisotopic (exact) mass is 327 g/mol. The van der Waals surface area contributed by atoms with E-state index in [1.807, 2.05) is 0 Å². The molecule has 2 N–H and O–H groups in total. The molecular formula is C13H17N3O5S. The topological polar surface area (TPSA) is 124 Å². The molecule has 1 aliphatic rings. The summed E-state index contributed by atoms with van der Waals surface area (Å²) < 4.78 is 26.6. The van der Waals surface area contributed by atoms with Crippen LogP contribution in [-0.2, 0) is 14.8 Å². The molecule has 0 saturated carbocycles. The van der Waals surface area contributed by atoms with Crippen LogP contribution in [0.5, 0.6) is 0 Å². The lowest BCUT2D eigenvalue weighted by atomic mass is 9.99. The number of carbonyl (C=O) groups excluding carboxylic acids is 1. The number of hydrogen-bond acceptors (Lipinski definition) is 5. The highest BCUT2D eigenvalue weighted by atomic mass is 32.2. The zero-order valence-electron chi connectivity index (χ0n) is 12.1. The number of hydrogen-bond donors (Lipinski definition) is 1. The molecule has 1 amide bonds. The Morgan fingerprint density at radius 2 is 2.14 bits per heavy atom. The fourth-order valence-electron chi connectivity index (χ4n) is 2.61. The van der Waals surface area contributed by atoms with Crippen molar-refractivity contribution in [2.45, 2.75) is 24.7 Å². The maximum atomic E-state index is 12.7. The van der Waals surface area contributed by atoms with Crippen molar-refractivity contribution in [3.8, 4) is 0 Å². The molecule has 120 valence electrons. The van der Waals surface area contributed by atoms with Crippen LogP contribution in [0.3, 0.4) is 0 Å². The van der Waals surface area contributed by atoms with Crippen LogP contribution < -0.4 is 5.73 Å². The van der Waals surface area contributed by atoms with Crippen molar-refractivity contribution in [3.05, 3.63) is 33.9 Å². The molecule has 1 fully saturated rings. The first kappa shape index (κ1) is 16.4. The van der Waals surface area contributed by atoms with Crippen LogP contribution in [-0.4, -0.2) is 36.6 Å². The van der Waals surface area contributed by atoms with Crippen molar-refractivity contribution in [3.63, 3.8) is 0 Å². The highest BCUT2D eigenvalue weighted by Crippen LogP contribution is 2.29. The van der Waals surface area contributed by atoms with E-state index in [0.29, 0.717) is 12.8 Å². The van der Waals surface area contributed by atoms with Crippen LogP contribution >= 0.6 is 0 Å². The Morgan fingerprint density at radius 3 is 2.73 bits per heavy atom. The van der Waals surface area contributed by atoms with E-state index < -0.39 is 26.8 Å². The molecule has 1 heterocycles. The van der Waals surface area contributed by atoms with Crippen LogP contribution in [0.2, 0.25) is 0 Å². The van der Waals surface area contributed by atoms with Crippen LogP contribution in [0.4, 0.5) is 5.69 Å². The van der Waals surface area contributed by atoms with Gasteiger partial charge in [0.05, 0.1) is 15.7 Å². The van der Waals surface area contributed by atoms with Gasteiger partial charge in [0.1, 0.15) is 0 Å². The molecule has 1 atom stereocenters. The summed E-state index contributed by atoms with van der Waals surface area (Å²) in [5.41, 5.74) is 5.10. The van der Waals surface area contributed by atoms with E-state index in [4.69, 9.17) is 5.73 Å². The minimum atomic E-state index is -3.89. The van der Waals surface area contributed by atoms with Gasteiger partial charge in [0.2, 0.25) is 15.9 Å². The average molecular weight is 327 g/mol. The lowest BCUT2D eigenvalue weighted by molar-refractivity contribution is -0.385. The highest BCUT2D eigenvalue weighted by Gasteiger charge is 2.34. The maximum absolute atomic E-state index is 12.7. The summed E-state index contributed by atoms with van der Waals surface area (Å²) in [6.45, 7) is 1.69. The molecule has 1 aliphatic heterocycles. The van der Waals surface area contributed by atoms with Crippen LogP contribution in [0.25, 0.3) is 0 Å². The van der Waals surface area contributed by atoms with E-state index in [0.717, 1.165) is 0 Å². The molecule has 9 heteroatoms. The zero-order valence-corrected chi connectivity index (χ0v) is 12.9. The summed E-state index contributed by atoms with van der Waals surface area (Å²) >= 11 is 0. The number of nitrogens with zero attached hydrogens (tertiary/aromatic N) is 2. The molecule has 1 aromatic rings. The Balaban J connectivity index is 2.41. The predicted octanol–water partition coefficient (Wildman–Crippen LogP) is 0.789. The second-order valence-electron chi connectivity index (χ2n) is 5.26. The predicted molar refractivity (Wildman–Crippen MR) is 78.5 cm³/mol. The number of primary amides is 1. The number of nitro groups is 1. The number of benzene rings is 1. The van der Waals surface area contributed by atoms with Crippen LogP contribution in [0.15, 0.2) is 23.1 Å². The van der Waals surface area contributed by atoms with Gasteiger partial charge in [-0.1, -0.05) is 6.07 Å². The Morgan fingerprint density at radius 1 is 1.45 bits per heavy atom. The van der Waals surface area contributed by atoms with Gasteiger partial charge in [0.15, 0.2) is 0 Å². The minimum Gasteiger partial charge on any atom is -0.369 e. The van der Waals surface area contributed by atoms with Gasteiger partial charge in [0.25, 0.3) is 5.69 Å². The standard InChI is InChI=1S/C13H17N3O5S/c1-9-11(16(18)19)5-2-6-12(9)22(20,21)15-7-3-4-10(8-15)13(14)17/h2,5-6,10H,3-4,7-8H2,1H3,(H2,14,17). The van der Waals surface area contributed by atoms with E-state index in [2.05, 4.69) is 0 Å². The summed E-state index contributed by atoms with van der Waals surface area (Å²) in [4.78, 5) is 21.5. The number of piperidine rings is 1. The van der Waals surface area contributed by atoms with Gasteiger partial charge in [-0.3, -0.25) is 14.9 Å². The van der Waals surface area contributed by atoms with E-state index in [1.54, 1.807) is 0 Å². The summed E-state index contributed by atoms with van der Waals surface area (Å²) in [5, 5.41) is 11.0. The van der Waals surface area contributed by atoms with Gasteiger partial charge >= 0.3 is 0 Å². The normalized spacial score (nSPS) is 19.8. The van der Waals surface area contributed by atoms with Crippen molar-refractivity contribution in [1.82, 2.24) is 4.31 Å². The van der Waals surface area contributed by atoms with Gasteiger partial charge in [0, 0.05) is 24.7 Å². The van der Waals surface area contributed by atoms with Crippen molar-refractivity contribution in [2.24, 2.45) is 11.7 Å². The summed E-state index contributed by atoms with van der Waals surface area (Å²) in [6.07, 6.45) is 1.08. The molecule has 0 radical (unpaired) electrons. The van der Waals surface area contributed by atoms with Gasteiger partial charge < -0.3 is 5.73 Å². The summed E-state index contributed by atoms with van der Waals surface area (Å²) in [7, 11) is -3.89. The Labute approximate surface area is 128 Å². The summed E-state index contributed by atoms with van der Waals surface area (Å²) in [6, 6.07) is 3.94. The van der Waals surface area contributed by atoms with Crippen molar-refractivity contribution in [1.29, 1.82) is 0 Å². The maximum Gasteiger partial charge on any atom is 0.273 e. The largest absolute Gasteiger partial charge is 0.369 e. The Hall–Kier alpha value is -2.00. The van der Waals surface area contributed by atoms with E-state index in [1.165, 1.54) is 29.4 Å². The third-order valence-electron chi connectivity index (χ3n) is 3.86. The first-order valence-corrected chi connectivity index (χ1v) is 8.22. The smallest absolute Gasteiger partial charge is 0.273 e. The SMILES string of the molecule is Cc1c([N+](=O)[O-])cccc1S(=O)(=O)N1CCCC(C(N)=O)C1. The van der Waals surface area contributed by atoms with E-state index in [-0.39, 0.29) is 29.2 Å². The molecule has 0 aliphatic carbocycles. The molecule has 0 bridgehead atoms. The second kappa shape index (κ2) is 6.01. The molecule has 22 heavy (non-hydrogen) atoms. The van der Waals surface area contributed by atoms with Gasteiger partial charge in [-0.25, -0.2) is 8.42 Å². The third kappa shape index (κ3) is 2.95. The molecule has 8 nitrogen and oxygen atoms in total. The van der Waals surface area contributed by atoms with Crippen molar-refractivity contribution < 1.29 is 18.1 Å². The van der Waals surface area contributed by atoms with Gasteiger partial charge in [-0.2, -0.15) is 4.31 Å². The number of rotatable bonds is 4. The number of sulfonamides is 1. The van der Waals surface area contributed by atoms with Gasteiger partial charge in [-0.05, 0) is 25.8 Å². The van der Waals surface area contributed by atoms with E-state index in [9.17, 15) is 23.3 Å². The number of nitro benzene ring substituents is 1. The molecule has 0 spiro atoms. The molecule has 2 rings (SSSR count). The number of carbonyl (C=O) groups is 1. The molecule has 1 saturated heterocycles. The third-order valence-corrected chi connectivity index (χ3v) is 5.87. The lowest BCUT2D eigenvalue weighted by Crippen LogP contribution is -2.44. The second-order valence-corrected chi connectivity index (χ2v) is 7.17. The first-order valence-electron chi connectivity index (χ1n) is 6.78. The minimum absolute atomic E-state index is 0.0137. The quantitative estimate of drug-likeness (QED) is 0.646. The van der Waals surface area contributed by atoms with Crippen molar-refractivity contribution >= 4 is 21.6 Å². The molecule has 1 aromatic carbocycles. The zero-order chi connectivity index (χ0) is 16.5. The van der Waals surface area contributed by atoms with E-state index >= 15 is 0 Å². The Bertz CT molecular complexity index is 716. The fourth-order valence-corrected chi connectivity index (χ4v) is 4.38. The number of nitrogens with two attached hydrogens (primary N) is 1. The average Bonchev–Trinajstić information content (AvgIpc) is 2.47. The summed E-state index contributed by atoms with van der Waals surface area (Å²) in [5.74, 6) is -1.06. The van der Waals surface area contributed by atoms with Crippen molar-refractivity contribution in [2.75, 3.05) is 13.1 Å². The molecule has 1 unspecified atom stereocenters. The Kier molecular flexibility index (Phi) is 4.47. The highest BCUT2D eigenvalue weighted by molar-refractivity contribution is 7.89. The molecular weight excluding hydrogens is 310 g/mol. The fraction of sp³-hybridized carbons (Fsp3) is 0.462. The lowest BCUT2D eigenvalue weighted by Gasteiger charge is -2.30. The first-order chi connectivity index (χ1) is 10.2. The molecule has 0 aromatic heterocycles. The number of amides is 1. The van der Waals surface area contributed by atoms with Gasteiger partial charge in [-0.15, -0.1) is 0 Å².